The second kappa shape index (κ2) is 5.13. The molecule has 1 amide bonds. The largest absolute Gasteiger partial charge is 0.337 e. The molecular weight excluding hydrogens is 260 g/mol. The molecule has 3 rings (SSSR count). The molecule has 1 unspecified atom stereocenters. The Labute approximate surface area is 115 Å². The van der Waals surface area contributed by atoms with E-state index in [9.17, 15) is 4.79 Å². The van der Waals surface area contributed by atoms with E-state index in [4.69, 9.17) is 0 Å². The van der Waals surface area contributed by atoms with Crippen molar-refractivity contribution >= 4 is 17.2 Å². The molecule has 1 saturated heterocycles. The minimum Gasteiger partial charge on any atom is -0.337 e. The second-order valence-corrected chi connectivity index (χ2v) is 5.72. The van der Waals surface area contributed by atoms with Crippen LogP contribution in [0.3, 0.4) is 0 Å². The van der Waals surface area contributed by atoms with Gasteiger partial charge in [0.2, 0.25) is 0 Å². The summed E-state index contributed by atoms with van der Waals surface area (Å²) in [6, 6.07) is 2.00. The number of nitrogens with one attached hydrogen (secondary N) is 1. The number of aryl methyl sites for hydroxylation is 1. The third-order valence-corrected chi connectivity index (χ3v) is 4.53. The highest BCUT2D eigenvalue weighted by Crippen LogP contribution is 2.27. The van der Waals surface area contributed by atoms with Gasteiger partial charge in [-0.3, -0.25) is 9.89 Å². The third kappa shape index (κ3) is 2.40. The maximum atomic E-state index is 12.5. The molecule has 1 fully saturated rings. The van der Waals surface area contributed by atoms with Crippen LogP contribution in [0.2, 0.25) is 0 Å². The lowest BCUT2D eigenvalue weighted by Gasteiger charge is -2.32. The van der Waals surface area contributed by atoms with Gasteiger partial charge in [0, 0.05) is 30.9 Å². The summed E-state index contributed by atoms with van der Waals surface area (Å²) in [5.41, 5.74) is 3.69. The van der Waals surface area contributed by atoms with Crippen molar-refractivity contribution in [2.75, 3.05) is 13.1 Å². The van der Waals surface area contributed by atoms with Crippen molar-refractivity contribution in [3.8, 4) is 0 Å². The lowest BCUT2D eigenvalue weighted by Crippen LogP contribution is -2.39. The van der Waals surface area contributed by atoms with Crippen LogP contribution in [0.4, 0.5) is 0 Å². The SMILES string of the molecule is Cc1ncsc1C(=O)N1CCCC(c2ccn[nH]2)C1. The van der Waals surface area contributed by atoms with Crippen molar-refractivity contribution in [2.24, 2.45) is 0 Å². The number of piperidine rings is 1. The average molecular weight is 276 g/mol. The molecule has 0 radical (unpaired) electrons. The first-order valence-corrected chi connectivity index (χ1v) is 7.32. The fourth-order valence-electron chi connectivity index (χ4n) is 2.56. The number of likely N-dealkylation sites (tertiary alicyclic amines) is 1. The van der Waals surface area contributed by atoms with Crippen LogP contribution < -0.4 is 0 Å². The Morgan fingerprint density at radius 1 is 1.58 bits per heavy atom. The number of hydrogen-bond donors (Lipinski definition) is 1. The van der Waals surface area contributed by atoms with Crippen LogP contribution in [-0.4, -0.2) is 39.1 Å². The van der Waals surface area contributed by atoms with Crippen molar-refractivity contribution in [3.05, 3.63) is 34.0 Å². The van der Waals surface area contributed by atoms with Gasteiger partial charge in [0.1, 0.15) is 4.88 Å². The normalized spacial score (nSPS) is 19.6. The smallest absolute Gasteiger partial charge is 0.265 e. The van der Waals surface area contributed by atoms with E-state index in [-0.39, 0.29) is 5.91 Å². The summed E-state index contributed by atoms with van der Waals surface area (Å²) in [4.78, 5) is 19.3. The van der Waals surface area contributed by atoms with E-state index in [1.54, 1.807) is 11.7 Å². The predicted octanol–water partition coefficient (Wildman–Crippen LogP) is 2.19. The third-order valence-electron chi connectivity index (χ3n) is 3.61. The zero-order valence-electron chi connectivity index (χ0n) is 10.8. The molecule has 0 bridgehead atoms. The fraction of sp³-hybridized carbons (Fsp3) is 0.462. The molecule has 1 aliphatic heterocycles. The standard InChI is InChI=1S/C13H16N4OS/c1-9-12(19-8-14-9)13(18)17-6-2-3-10(7-17)11-4-5-15-16-11/h4-5,8,10H,2-3,6-7H2,1H3,(H,15,16). The zero-order valence-corrected chi connectivity index (χ0v) is 11.6. The monoisotopic (exact) mass is 276 g/mol. The second-order valence-electron chi connectivity index (χ2n) is 4.87. The number of thiazole rings is 1. The highest BCUT2D eigenvalue weighted by molar-refractivity contribution is 7.11. The molecule has 0 aliphatic carbocycles. The first-order valence-electron chi connectivity index (χ1n) is 6.44. The van der Waals surface area contributed by atoms with E-state index in [0.29, 0.717) is 5.92 Å². The number of carbonyl (C=O) groups is 1. The van der Waals surface area contributed by atoms with Crippen molar-refractivity contribution in [1.29, 1.82) is 0 Å². The summed E-state index contributed by atoms with van der Waals surface area (Å²) in [7, 11) is 0. The number of H-pyrrole nitrogens is 1. The fourth-order valence-corrected chi connectivity index (χ4v) is 3.33. The van der Waals surface area contributed by atoms with E-state index >= 15 is 0 Å². The maximum Gasteiger partial charge on any atom is 0.265 e. The zero-order chi connectivity index (χ0) is 13.2. The topological polar surface area (TPSA) is 61.9 Å². The van der Waals surface area contributed by atoms with Crippen LogP contribution >= 0.6 is 11.3 Å². The molecule has 19 heavy (non-hydrogen) atoms. The van der Waals surface area contributed by atoms with E-state index in [0.717, 1.165) is 42.2 Å². The Hall–Kier alpha value is -1.69. The molecule has 0 spiro atoms. The summed E-state index contributed by atoms with van der Waals surface area (Å²) in [5.74, 6) is 0.484. The number of hydrogen-bond acceptors (Lipinski definition) is 4. The van der Waals surface area contributed by atoms with Crippen molar-refractivity contribution in [3.63, 3.8) is 0 Å². The van der Waals surface area contributed by atoms with Gasteiger partial charge in [0.15, 0.2) is 0 Å². The van der Waals surface area contributed by atoms with Crippen LogP contribution in [0.1, 0.15) is 39.8 Å². The Kier molecular flexibility index (Phi) is 3.33. The number of rotatable bonds is 2. The number of aromatic amines is 1. The van der Waals surface area contributed by atoms with Gasteiger partial charge in [0.05, 0.1) is 11.2 Å². The van der Waals surface area contributed by atoms with E-state index in [2.05, 4.69) is 15.2 Å². The molecule has 0 saturated carbocycles. The number of carbonyl (C=O) groups excluding carboxylic acids is 1. The van der Waals surface area contributed by atoms with Crippen LogP contribution in [0, 0.1) is 6.92 Å². The Bertz CT molecular complexity index is 563. The molecular formula is C13H16N4OS. The highest BCUT2D eigenvalue weighted by atomic mass is 32.1. The summed E-state index contributed by atoms with van der Waals surface area (Å²) >= 11 is 1.43. The molecule has 2 aromatic heterocycles. The van der Waals surface area contributed by atoms with Crippen LogP contribution in [-0.2, 0) is 0 Å². The summed E-state index contributed by atoms with van der Waals surface area (Å²) in [6.45, 7) is 3.49. The molecule has 6 heteroatoms. The quantitative estimate of drug-likeness (QED) is 0.914. The van der Waals surface area contributed by atoms with Gasteiger partial charge in [-0.1, -0.05) is 0 Å². The Morgan fingerprint density at radius 2 is 2.47 bits per heavy atom. The van der Waals surface area contributed by atoms with Gasteiger partial charge in [-0.2, -0.15) is 5.10 Å². The van der Waals surface area contributed by atoms with Gasteiger partial charge >= 0.3 is 0 Å². The van der Waals surface area contributed by atoms with Gasteiger partial charge < -0.3 is 4.90 Å². The van der Waals surface area contributed by atoms with Gasteiger partial charge in [-0.25, -0.2) is 4.98 Å². The summed E-state index contributed by atoms with van der Waals surface area (Å²) in [5, 5.41) is 7.01. The highest BCUT2D eigenvalue weighted by Gasteiger charge is 2.27. The molecule has 1 N–H and O–H groups in total. The van der Waals surface area contributed by atoms with Gasteiger partial charge in [0.25, 0.3) is 5.91 Å². The van der Waals surface area contributed by atoms with Gasteiger partial charge in [-0.15, -0.1) is 11.3 Å². The van der Waals surface area contributed by atoms with E-state index in [1.165, 1.54) is 11.3 Å². The summed E-state index contributed by atoms with van der Waals surface area (Å²) < 4.78 is 0. The van der Waals surface area contributed by atoms with E-state index in [1.807, 2.05) is 17.9 Å². The average Bonchev–Trinajstić information content (AvgIpc) is 3.09. The van der Waals surface area contributed by atoms with Crippen molar-refractivity contribution < 1.29 is 4.79 Å². The first-order chi connectivity index (χ1) is 9.25. The Morgan fingerprint density at radius 3 is 3.16 bits per heavy atom. The van der Waals surface area contributed by atoms with Crippen LogP contribution in [0.25, 0.3) is 0 Å². The van der Waals surface area contributed by atoms with Gasteiger partial charge in [-0.05, 0) is 25.8 Å². The van der Waals surface area contributed by atoms with E-state index < -0.39 is 0 Å². The lowest BCUT2D eigenvalue weighted by atomic mass is 9.95. The van der Waals surface area contributed by atoms with Crippen molar-refractivity contribution in [1.82, 2.24) is 20.1 Å². The molecule has 2 aromatic rings. The molecule has 5 nitrogen and oxygen atoms in total. The molecule has 1 aliphatic rings. The molecule has 0 aromatic carbocycles. The minimum atomic E-state index is 0.115. The minimum absolute atomic E-state index is 0.115. The van der Waals surface area contributed by atoms with Crippen LogP contribution in [0.15, 0.2) is 17.8 Å². The van der Waals surface area contributed by atoms with Crippen molar-refractivity contribution in [2.45, 2.75) is 25.7 Å². The number of nitrogens with zero attached hydrogens (tertiary/aromatic N) is 3. The molecule has 100 valence electrons. The molecule has 1 atom stereocenters. The van der Waals surface area contributed by atoms with Crippen LogP contribution in [0.5, 0.6) is 0 Å². The molecule has 3 heterocycles. The predicted molar refractivity (Wildman–Crippen MR) is 73.3 cm³/mol. The number of aromatic nitrogens is 3. The summed E-state index contributed by atoms with van der Waals surface area (Å²) in [6.07, 6.45) is 3.91. The first kappa shape index (κ1) is 12.3. The maximum absolute atomic E-state index is 12.5. The lowest BCUT2D eigenvalue weighted by molar-refractivity contribution is 0.0710. The number of amides is 1. The Balaban J connectivity index is 1.75.